The Morgan fingerprint density at radius 1 is 1.13 bits per heavy atom. The van der Waals surface area contributed by atoms with Crippen molar-refractivity contribution in [1.82, 2.24) is 4.57 Å². The third-order valence-corrected chi connectivity index (χ3v) is 6.42. The molecule has 2 aromatic rings. The zero-order valence-electron chi connectivity index (χ0n) is 24.3. The minimum absolute atomic E-state index is 0.00675. The van der Waals surface area contributed by atoms with E-state index in [2.05, 4.69) is 83.5 Å². The van der Waals surface area contributed by atoms with Crippen LogP contribution in [-0.4, -0.2) is 22.7 Å². The Bertz CT molecular complexity index is 1070. The molecule has 0 N–H and O–H groups in total. The van der Waals surface area contributed by atoms with Crippen molar-refractivity contribution in [2.24, 2.45) is 0 Å². The van der Waals surface area contributed by atoms with Crippen LogP contribution in [0, 0.1) is 0 Å². The molecule has 0 bridgehead atoms. The Hall–Kier alpha value is -1.81. The Balaban J connectivity index is 0.00000179. The van der Waals surface area contributed by atoms with E-state index >= 15 is 0 Å². The van der Waals surface area contributed by atoms with Gasteiger partial charge in [0.2, 0.25) is 0 Å². The van der Waals surface area contributed by atoms with Gasteiger partial charge in [-0.05, 0) is 61.7 Å². The molecule has 1 aliphatic carbocycles. The van der Waals surface area contributed by atoms with Crippen molar-refractivity contribution >= 4 is 35.6 Å². The van der Waals surface area contributed by atoms with Crippen LogP contribution in [0.1, 0.15) is 66.4 Å². The fourth-order valence-electron chi connectivity index (χ4n) is 3.58. The van der Waals surface area contributed by atoms with Gasteiger partial charge >= 0.3 is 5.66 Å². The van der Waals surface area contributed by atoms with Crippen LogP contribution < -0.4 is 0 Å². The number of hydrogen-bond donors (Lipinski definition) is 0. The first-order valence-electron chi connectivity index (χ1n) is 13.4. The van der Waals surface area contributed by atoms with Gasteiger partial charge in [-0.3, -0.25) is 0 Å². The van der Waals surface area contributed by atoms with Crippen LogP contribution >= 0.6 is 24.7 Å². The summed E-state index contributed by atoms with van der Waals surface area (Å²) in [6.07, 6.45) is 18.2. The van der Waals surface area contributed by atoms with Gasteiger partial charge in [-0.15, -0.1) is 0 Å². The lowest BCUT2D eigenvalue weighted by molar-refractivity contribution is 0.128. The molecule has 1 unspecified atom stereocenters. The first-order chi connectivity index (χ1) is 18.4. The third kappa shape index (κ3) is 12.4. The average Bonchev–Trinajstić information content (AvgIpc) is 3.29. The summed E-state index contributed by atoms with van der Waals surface area (Å²) in [5.41, 5.74) is 1.66. The highest BCUT2D eigenvalue weighted by Gasteiger charge is 2.31. The number of nitrogens with zero attached hydrogens (tertiary/aromatic N) is 1. The van der Waals surface area contributed by atoms with E-state index in [4.69, 9.17) is 4.52 Å². The summed E-state index contributed by atoms with van der Waals surface area (Å²) in [4.78, 5) is 0. The van der Waals surface area contributed by atoms with E-state index in [1.807, 2.05) is 25.7 Å². The minimum Gasteiger partial charge on any atom is -0.356 e. The van der Waals surface area contributed by atoms with Crippen LogP contribution in [0.25, 0.3) is 10.9 Å². The average molecular weight is 611 g/mol. The molecular formula is C32H47BrF2NOP. The number of alkyl halides is 3. The predicted molar refractivity (Wildman–Crippen MR) is 171 cm³/mol. The molecule has 1 aromatic heterocycles. The molecule has 0 aliphatic heterocycles. The SMILES string of the molecule is C=C/C(=C\C=C(/C)C(F)(F)POCC)Cn1cc(CC2=CCCC=C2)c2ccccc21.CBr.CC.CCC. The molecule has 6 heteroatoms. The normalized spacial score (nSPS) is 13.7. The molecule has 3 rings (SSSR count). The molecule has 1 atom stereocenters. The highest BCUT2D eigenvalue weighted by Crippen LogP contribution is 2.42. The number of rotatable bonds is 10. The van der Waals surface area contributed by atoms with Crippen molar-refractivity contribution in [2.45, 2.75) is 79.4 Å². The number of aromatic nitrogens is 1. The summed E-state index contributed by atoms with van der Waals surface area (Å²) in [5.74, 6) is 1.81. The van der Waals surface area contributed by atoms with Crippen LogP contribution in [-0.2, 0) is 17.5 Å². The van der Waals surface area contributed by atoms with Crippen molar-refractivity contribution in [3.63, 3.8) is 0 Å². The largest absolute Gasteiger partial charge is 0.356 e. The molecule has 0 saturated heterocycles. The zero-order chi connectivity index (χ0) is 29.0. The van der Waals surface area contributed by atoms with E-state index in [0.29, 0.717) is 6.54 Å². The second-order valence-corrected chi connectivity index (χ2v) is 9.47. The maximum atomic E-state index is 14.2. The van der Waals surface area contributed by atoms with Crippen molar-refractivity contribution in [3.05, 3.63) is 95.8 Å². The van der Waals surface area contributed by atoms with Crippen molar-refractivity contribution < 1.29 is 13.3 Å². The fourth-order valence-corrected chi connectivity index (χ4v) is 4.15. The highest BCUT2D eigenvalue weighted by molar-refractivity contribution is 9.08. The molecule has 38 heavy (non-hydrogen) atoms. The topological polar surface area (TPSA) is 14.2 Å². The first kappa shape index (κ1) is 36.2. The summed E-state index contributed by atoms with van der Waals surface area (Å²) in [6, 6.07) is 8.33. The van der Waals surface area contributed by atoms with E-state index in [1.54, 1.807) is 19.1 Å². The number of benzene rings is 1. The van der Waals surface area contributed by atoms with Crippen LogP contribution in [0.15, 0.2) is 90.2 Å². The fraction of sp³-hybridized carbons (Fsp3) is 0.438. The van der Waals surface area contributed by atoms with Gasteiger partial charge in [0.1, 0.15) is 0 Å². The van der Waals surface area contributed by atoms with Gasteiger partial charge in [0.15, 0.2) is 0 Å². The van der Waals surface area contributed by atoms with Crippen LogP contribution in [0.4, 0.5) is 8.78 Å². The first-order valence-corrected chi connectivity index (χ1v) is 15.9. The van der Waals surface area contributed by atoms with Gasteiger partial charge in [0.25, 0.3) is 0 Å². The molecule has 0 amide bonds. The predicted octanol–water partition coefficient (Wildman–Crippen LogP) is 11.2. The number of para-hydroxylation sites is 1. The van der Waals surface area contributed by atoms with Gasteiger partial charge in [-0.1, -0.05) is 111 Å². The van der Waals surface area contributed by atoms with Crippen LogP contribution in [0.3, 0.4) is 0 Å². The number of hydrogen-bond acceptors (Lipinski definition) is 1. The van der Waals surface area contributed by atoms with Crippen LogP contribution in [0.5, 0.6) is 0 Å². The van der Waals surface area contributed by atoms with Crippen LogP contribution in [0.2, 0.25) is 0 Å². The Labute approximate surface area is 240 Å². The van der Waals surface area contributed by atoms with Gasteiger partial charge in [-0.25, -0.2) is 0 Å². The molecule has 0 radical (unpaired) electrons. The van der Waals surface area contributed by atoms with E-state index < -0.39 is 14.5 Å². The van der Waals surface area contributed by atoms with Crippen molar-refractivity contribution in [3.8, 4) is 0 Å². The summed E-state index contributed by atoms with van der Waals surface area (Å²) in [5, 5.41) is 1.22. The summed E-state index contributed by atoms with van der Waals surface area (Å²) in [7, 11) is -0.864. The maximum absolute atomic E-state index is 14.2. The standard InChI is InChI=1S/C26H30F2NOP.C3H8.C2H6.CH3Br/c1-4-21(16-15-20(3)26(27,28)31-30-5-2)18-29-19-23(17-22-11-7-6-8-12-22)24-13-9-10-14-25(24)29;1-3-2;2*1-2/h4,7,9-16,19,31H,1,5-6,8,17-18H2,2-3H3;3H2,1-2H3;1-2H3;1H3/b20-15+,21-16+;;;. The maximum Gasteiger partial charge on any atom is 0.307 e. The molecule has 212 valence electrons. The number of allylic oxidation sites excluding steroid dienone is 9. The van der Waals surface area contributed by atoms with E-state index in [0.717, 1.165) is 30.4 Å². The molecule has 1 heterocycles. The van der Waals surface area contributed by atoms with E-state index in [9.17, 15) is 8.78 Å². The lowest BCUT2D eigenvalue weighted by Crippen LogP contribution is -2.10. The summed E-state index contributed by atoms with van der Waals surface area (Å²) >= 11 is 2.94. The summed E-state index contributed by atoms with van der Waals surface area (Å²) in [6.45, 7) is 16.2. The molecule has 0 saturated carbocycles. The molecule has 1 aliphatic rings. The molecule has 0 fully saturated rings. The number of fused-ring (bicyclic) bond motifs is 1. The van der Waals surface area contributed by atoms with Crippen molar-refractivity contribution in [1.29, 1.82) is 0 Å². The van der Waals surface area contributed by atoms with Crippen molar-refractivity contribution in [2.75, 3.05) is 12.4 Å². The minimum atomic E-state index is -2.95. The highest BCUT2D eigenvalue weighted by atomic mass is 79.9. The molecular weight excluding hydrogens is 563 g/mol. The lowest BCUT2D eigenvalue weighted by Gasteiger charge is -2.16. The Kier molecular flexibility index (Phi) is 20.1. The van der Waals surface area contributed by atoms with Gasteiger partial charge in [0.05, 0.1) is 8.81 Å². The monoisotopic (exact) mass is 609 g/mol. The molecule has 1 aromatic carbocycles. The van der Waals surface area contributed by atoms with Gasteiger partial charge in [0, 0.05) is 35.8 Å². The smallest absolute Gasteiger partial charge is 0.307 e. The second kappa shape index (κ2) is 21.1. The lowest BCUT2D eigenvalue weighted by atomic mass is 9.99. The summed E-state index contributed by atoms with van der Waals surface area (Å²) < 4.78 is 35.5. The van der Waals surface area contributed by atoms with E-state index in [-0.39, 0.29) is 12.2 Å². The Morgan fingerprint density at radius 2 is 1.79 bits per heavy atom. The zero-order valence-corrected chi connectivity index (χ0v) is 26.9. The van der Waals surface area contributed by atoms with E-state index in [1.165, 1.54) is 35.9 Å². The Morgan fingerprint density at radius 3 is 2.37 bits per heavy atom. The molecule has 2 nitrogen and oxygen atoms in total. The number of halogens is 3. The quantitative estimate of drug-likeness (QED) is 0.148. The second-order valence-electron chi connectivity index (χ2n) is 8.35. The molecule has 0 spiro atoms. The van der Waals surface area contributed by atoms with Gasteiger partial charge in [-0.2, -0.15) is 8.78 Å². The van der Waals surface area contributed by atoms with Gasteiger partial charge < -0.3 is 9.09 Å². The third-order valence-electron chi connectivity index (χ3n) is 5.34.